The Morgan fingerprint density at radius 2 is 2.07 bits per heavy atom. The highest BCUT2D eigenvalue weighted by atomic mass is 16.2. The number of hydrogen-bond donors (Lipinski definition) is 1. The van der Waals surface area contributed by atoms with Gasteiger partial charge in [-0.3, -0.25) is 19.4 Å². The fraction of sp³-hybridized carbons (Fsp3) is 0.667. The van der Waals surface area contributed by atoms with E-state index in [1.165, 1.54) is 7.05 Å². The van der Waals surface area contributed by atoms with Crippen LogP contribution in [0.4, 0.5) is 4.79 Å². The van der Waals surface area contributed by atoms with Crippen molar-refractivity contribution in [3.63, 3.8) is 0 Å². The summed E-state index contributed by atoms with van der Waals surface area (Å²) in [6.45, 7) is 2.06. The molecule has 4 amide bonds. The summed E-state index contributed by atoms with van der Waals surface area (Å²) in [4.78, 5) is 36.0. The van der Waals surface area contributed by atoms with Gasteiger partial charge in [0.15, 0.2) is 0 Å². The molecule has 0 spiro atoms. The SMILES string of the molecule is CN1C(=O)C(=O)N(CC2CCNC2)C1=O. The average molecular weight is 211 g/mol. The highest BCUT2D eigenvalue weighted by molar-refractivity contribution is 6.44. The van der Waals surface area contributed by atoms with Crippen LogP contribution < -0.4 is 5.32 Å². The fourth-order valence-corrected chi connectivity index (χ4v) is 1.90. The van der Waals surface area contributed by atoms with Gasteiger partial charge in [-0.2, -0.15) is 0 Å². The third kappa shape index (κ3) is 1.61. The minimum atomic E-state index is -0.731. The van der Waals surface area contributed by atoms with Gasteiger partial charge in [-0.15, -0.1) is 0 Å². The van der Waals surface area contributed by atoms with Crippen molar-refractivity contribution in [3.8, 4) is 0 Å². The Morgan fingerprint density at radius 3 is 2.53 bits per heavy atom. The van der Waals surface area contributed by atoms with Gasteiger partial charge in [0.2, 0.25) is 0 Å². The first-order valence-electron chi connectivity index (χ1n) is 4.95. The number of amides is 4. The van der Waals surface area contributed by atoms with Crippen LogP contribution in [0.5, 0.6) is 0 Å². The third-order valence-electron chi connectivity index (χ3n) is 2.85. The number of likely N-dealkylation sites (N-methyl/N-ethyl adjacent to an activating group) is 1. The molecule has 0 aromatic rings. The zero-order valence-electron chi connectivity index (χ0n) is 8.52. The maximum atomic E-state index is 11.5. The molecule has 0 saturated carbocycles. The van der Waals surface area contributed by atoms with Gasteiger partial charge in [-0.1, -0.05) is 0 Å². The second kappa shape index (κ2) is 3.62. The Morgan fingerprint density at radius 1 is 1.33 bits per heavy atom. The molecule has 15 heavy (non-hydrogen) atoms. The molecule has 2 heterocycles. The quantitative estimate of drug-likeness (QED) is 0.470. The predicted octanol–water partition coefficient (Wildman–Crippen LogP) is -0.983. The lowest BCUT2D eigenvalue weighted by Gasteiger charge is -2.16. The summed E-state index contributed by atoms with van der Waals surface area (Å²) in [5.41, 5.74) is 0. The number of hydrogen-bond acceptors (Lipinski definition) is 4. The van der Waals surface area contributed by atoms with Crippen molar-refractivity contribution in [2.75, 3.05) is 26.7 Å². The monoisotopic (exact) mass is 211 g/mol. The molecule has 0 radical (unpaired) electrons. The van der Waals surface area contributed by atoms with Crippen LogP contribution in [0.25, 0.3) is 0 Å². The van der Waals surface area contributed by atoms with Crippen molar-refractivity contribution >= 4 is 17.8 Å². The van der Waals surface area contributed by atoms with Crippen LogP contribution in [0.15, 0.2) is 0 Å². The molecule has 2 fully saturated rings. The average Bonchev–Trinajstić information content (AvgIpc) is 2.79. The van der Waals surface area contributed by atoms with E-state index in [0.717, 1.165) is 29.3 Å². The first-order chi connectivity index (χ1) is 7.11. The molecule has 1 atom stereocenters. The number of imide groups is 2. The first kappa shape index (κ1) is 10.1. The molecule has 6 heteroatoms. The third-order valence-corrected chi connectivity index (χ3v) is 2.85. The van der Waals surface area contributed by atoms with E-state index in [0.29, 0.717) is 6.54 Å². The number of nitrogens with one attached hydrogen (secondary N) is 1. The van der Waals surface area contributed by atoms with Gasteiger partial charge < -0.3 is 5.32 Å². The number of urea groups is 1. The zero-order chi connectivity index (χ0) is 11.0. The molecule has 0 aliphatic carbocycles. The largest absolute Gasteiger partial charge is 0.333 e. The molecule has 1 N–H and O–H groups in total. The van der Waals surface area contributed by atoms with Crippen LogP contribution in [0.3, 0.4) is 0 Å². The van der Waals surface area contributed by atoms with Crippen LogP contribution in [-0.2, 0) is 9.59 Å². The highest BCUT2D eigenvalue weighted by Gasteiger charge is 2.43. The summed E-state index contributed by atoms with van der Waals surface area (Å²) >= 11 is 0. The lowest BCUT2D eigenvalue weighted by Crippen LogP contribution is -2.36. The Balaban J connectivity index is 2.05. The highest BCUT2D eigenvalue weighted by Crippen LogP contribution is 2.15. The summed E-state index contributed by atoms with van der Waals surface area (Å²) < 4.78 is 0. The summed E-state index contributed by atoms with van der Waals surface area (Å²) in [5.74, 6) is -1.16. The summed E-state index contributed by atoms with van der Waals surface area (Å²) in [7, 11) is 1.33. The van der Waals surface area contributed by atoms with E-state index in [4.69, 9.17) is 0 Å². The molecule has 0 bridgehead atoms. The van der Waals surface area contributed by atoms with Crippen LogP contribution in [0, 0.1) is 5.92 Å². The normalized spacial score (nSPS) is 27.0. The van der Waals surface area contributed by atoms with E-state index < -0.39 is 17.8 Å². The van der Waals surface area contributed by atoms with Crippen LogP contribution in [0.2, 0.25) is 0 Å². The molecule has 6 nitrogen and oxygen atoms in total. The number of rotatable bonds is 2. The molecule has 1 unspecified atom stereocenters. The molecule has 0 aromatic heterocycles. The molecular formula is C9H13N3O3. The summed E-state index contributed by atoms with van der Waals surface area (Å²) in [5, 5.41) is 3.15. The molecule has 0 aromatic carbocycles. The standard InChI is InChI=1S/C9H13N3O3/c1-11-7(13)8(14)12(9(11)15)5-6-2-3-10-4-6/h6,10H,2-5H2,1H3. The predicted molar refractivity (Wildman–Crippen MR) is 50.9 cm³/mol. The number of carbonyl (C=O) groups excluding carboxylic acids is 3. The second-order valence-electron chi connectivity index (χ2n) is 3.92. The molecule has 2 rings (SSSR count). The summed E-state index contributed by atoms with van der Waals surface area (Å²) in [6, 6.07) is -0.503. The maximum absolute atomic E-state index is 11.5. The van der Waals surface area contributed by atoms with Crippen molar-refractivity contribution < 1.29 is 14.4 Å². The van der Waals surface area contributed by atoms with Crippen molar-refractivity contribution in [2.24, 2.45) is 5.92 Å². The van der Waals surface area contributed by atoms with Gasteiger partial charge in [0.05, 0.1) is 0 Å². The molecular weight excluding hydrogens is 198 g/mol. The smallest absolute Gasteiger partial charge is 0.316 e. The Hall–Kier alpha value is -1.43. The maximum Gasteiger partial charge on any atom is 0.333 e. The minimum absolute atomic E-state index is 0.275. The van der Waals surface area contributed by atoms with Crippen molar-refractivity contribution in [1.82, 2.24) is 15.1 Å². The van der Waals surface area contributed by atoms with E-state index in [1.54, 1.807) is 0 Å². The van der Waals surface area contributed by atoms with E-state index >= 15 is 0 Å². The Labute approximate surface area is 87.2 Å². The van der Waals surface area contributed by atoms with Crippen molar-refractivity contribution in [1.29, 1.82) is 0 Å². The van der Waals surface area contributed by atoms with Gasteiger partial charge in [0, 0.05) is 13.6 Å². The van der Waals surface area contributed by atoms with E-state index in [1.807, 2.05) is 0 Å². The van der Waals surface area contributed by atoms with E-state index in [2.05, 4.69) is 5.32 Å². The molecule has 82 valence electrons. The lowest BCUT2D eigenvalue weighted by molar-refractivity contribution is -0.143. The second-order valence-corrected chi connectivity index (χ2v) is 3.92. The van der Waals surface area contributed by atoms with Gasteiger partial charge in [-0.05, 0) is 25.4 Å². The Kier molecular flexibility index (Phi) is 2.44. The summed E-state index contributed by atoms with van der Waals surface area (Å²) in [6.07, 6.45) is 0.939. The van der Waals surface area contributed by atoms with Crippen molar-refractivity contribution in [3.05, 3.63) is 0 Å². The van der Waals surface area contributed by atoms with E-state index in [-0.39, 0.29) is 5.92 Å². The van der Waals surface area contributed by atoms with Crippen molar-refractivity contribution in [2.45, 2.75) is 6.42 Å². The van der Waals surface area contributed by atoms with Crippen LogP contribution >= 0.6 is 0 Å². The van der Waals surface area contributed by atoms with Crippen LogP contribution in [0.1, 0.15) is 6.42 Å². The van der Waals surface area contributed by atoms with Gasteiger partial charge >= 0.3 is 17.8 Å². The molecule has 2 aliphatic heterocycles. The van der Waals surface area contributed by atoms with Crippen LogP contribution in [-0.4, -0.2) is 54.3 Å². The van der Waals surface area contributed by atoms with E-state index in [9.17, 15) is 14.4 Å². The first-order valence-corrected chi connectivity index (χ1v) is 4.95. The zero-order valence-corrected chi connectivity index (χ0v) is 8.52. The fourth-order valence-electron chi connectivity index (χ4n) is 1.90. The molecule has 2 saturated heterocycles. The van der Waals surface area contributed by atoms with Gasteiger partial charge in [-0.25, -0.2) is 4.79 Å². The Bertz CT molecular complexity index is 323. The minimum Gasteiger partial charge on any atom is -0.316 e. The lowest BCUT2D eigenvalue weighted by atomic mass is 10.1. The topological polar surface area (TPSA) is 69.7 Å². The number of carbonyl (C=O) groups is 3. The van der Waals surface area contributed by atoms with Gasteiger partial charge in [0.25, 0.3) is 0 Å². The van der Waals surface area contributed by atoms with Gasteiger partial charge in [0.1, 0.15) is 0 Å². The molecule has 2 aliphatic rings. The number of nitrogens with zero attached hydrogens (tertiary/aromatic N) is 2.